The summed E-state index contributed by atoms with van der Waals surface area (Å²) in [6, 6.07) is 2.07. The largest absolute Gasteiger partial charge is 0.373 e. The van der Waals surface area contributed by atoms with Gasteiger partial charge in [-0.2, -0.15) is 11.3 Å². The smallest absolute Gasteiger partial charge is 0.132 e. The molecule has 0 aromatic carbocycles. The van der Waals surface area contributed by atoms with E-state index in [4.69, 9.17) is 0 Å². The first-order chi connectivity index (χ1) is 6.83. The molecule has 4 heteroatoms. The summed E-state index contributed by atoms with van der Waals surface area (Å²) < 4.78 is 0. The summed E-state index contributed by atoms with van der Waals surface area (Å²) in [4.78, 5) is 8.43. The Bertz CT molecular complexity index is 423. The standard InChI is InChI=1S/C10H11N3S/c1-7-9(8-3-4-14-5-8)12-6-13-10(7)11-2/h3-6H,1-2H3,(H,11,12,13). The van der Waals surface area contributed by atoms with Crippen molar-refractivity contribution in [2.45, 2.75) is 6.92 Å². The fourth-order valence-corrected chi connectivity index (χ4v) is 2.03. The number of hydrogen-bond acceptors (Lipinski definition) is 4. The normalized spacial score (nSPS) is 10.1. The maximum atomic E-state index is 4.28. The second-order valence-electron chi connectivity index (χ2n) is 2.96. The van der Waals surface area contributed by atoms with Gasteiger partial charge in [0.1, 0.15) is 12.1 Å². The molecule has 3 nitrogen and oxygen atoms in total. The zero-order valence-corrected chi connectivity index (χ0v) is 8.93. The van der Waals surface area contributed by atoms with Crippen LogP contribution in [0.5, 0.6) is 0 Å². The van der Waals surface area contributed by atoms with Crippen LogP contribution in [0, 0.1) is 6.92 Å². The van der Waals surface area contributed by atoms with Crippen molar-refractivity contribution in [2.75, 3.05) is 12.4 Å². The van der Waals surface area contributed by atoms with Gasteiger partial charge in [0.25, 0.3) is 0 Å². The van der Waals surface area contributed by atoms with Crippen LogP contribution < -0.4 is 5.32 Å². The Hall–Kier alpha value is -1.42. The molecule has 2 heterocycles. The van der Waals surface area contributed by atoms with Gasteiger partial charge >= 0.3 is 0 Å². The van der Waals surface area contributed by atoms with Gasteiger partial charge in [-0.15, -0.1) is 0 Å². The molecule has 0 unspecified atom stereocenters. The zero-order chi connectivity index (χ0) is 9.97. The highest BCUT2D eigenvalue weighted by Gasteiger charge is 2.07. The third-order valence-electron chi connectivity index (χ3n) is 2.12. The minimum Gasteiger partial charge on any atom is -0.373 e. The predicted octanol–water partition coefficient (Wildman–Crippen LogP) is 2.56. The lowest BCUT2D eigenvalue weighted by Gasteiger charge is -2.06. The lowest BCUT2D eigenvalue weighted by molar-refractivity contribution is 1.13. The van der Waals surface area contributed by atoms with Gasteiger partial charge in [-0.05, 0) is 18.4 Å². The van der Waals surface area contributed by atoms with Crippen LogP contribution in [0.1, 0.15) is 5.56 Å². The monoisotopic (exact) mass is 205 g/mol. The Kier molecular flexibility index (Phi) is 2.45. The van der Waals surface area contributed by atoms with Crippen LogP contribution in [0.25, 0.3) is 11.3 Å². The molecular weight excluding hydrogens is 194 g/mol. The molecule has 0 saturated carbocycles. The molecule has 1 N–H and O–H groups in total. The summed E-state index contributed by atoms with van der Waals surface area (Å²) >= 11 is 1.68. The van der Waals surface area contributed by atoms with E-state index in [1.54, 1.807) is 17.7 Å². The number of thiophene rings is 1. The molecule has 0 bridgehead atoms. The molecule has 72 valence electrons. The highest BCUT2D eigenvalue weighted by Crippen LogP contribution is 2.25. The molecule has 2 rings (SSSR count). The van der Waals surface area contributed by atoms with Crippen LogP contribution in [0.3, 0.4) is 0 Å². The lowest BCUT2D eigenvalue weighted by atomic mass is 10.1. The Morgan fingerprint density at radius 2 is 2.21 bits per heavy atom. The lowest BCUT2D eigenvalue weighted by Crippen LogP contribution is -1.98. The zero-order valence-electron chi connectivity index (χ0n) is 8.11. The topological polar surface area (TPSA) is 37.8 Å². The van der Waals surface area contributed by atoms with Crippen molar-refractivity contribution in [3.05, 3.63) is 28.7 Å². The van der Waals surface area contributed by atoms with Crippen molar-refractivity contribution in [1.29, 1.82) is 0 Å². The van der Waals surface area contributed by atoms with Gasteiger partial charge in [-0.3, -0.25) is 0 Å². The highest BCUT2D eigenvalue weighted by atomic mass is 32.1. The quantitative estimate of drug-likeness (QED) is 0.818. The molecule has 0 fully saturated rings. The average Bonchev–Trinajstić information content (AvgIpc) is 2.71. The SMILES string of the molecule is CNc1ncnc(-c2ccsc2)c1C. The van der Waals surface area contributed by atoms with Crippen molar-refractivity contribution in [1.82, 2.24) is 9.97 Å². The van der Waals surface area contributed by atoms with E-state index in [0.29, 0.717) is 0 Å². The van der Waals surface area contributed by atoms with Crippen molar-refractivity contribution in [3.8, 4) is 11.3 Å². The van der Waals surface area contributed by atoms with Crippen LogP contribution in [0.2, 0.25) is 0 Å². The number of nitrogens with zero attached hydrogens (tertiary/aromatic N) is 2. The molecule has 0 aliphatic carbocycles. The van der Waals surface area contributed by atoms with E-state index in [-0.39, 0.29) is 0 Å². The van der Waals surface area contributed by atoms with Crippen LogP contribution in [0.15, 0.2) is 23.2 Å². The minimum absolute atomic E-state index is 0.890. The van der Waals surface area contributed by atoms with Crippen LogP contribution in [-0.2, 0) is 0 Å². The van der Waals surface area contributed by atoms with E-state index in [0.717, 1.165) is 22.6 Å². The van der Waals surface area contributed by atoms with Gasteiger partial charge in [0.15, 0.2) is 0 Å². The number of aromatic nitrogens is 2. The second-order valence-corrected chi connectivity index (χ2v) is 3.74. The number of hydrogen-bond donors (Lipinski definition) is 1. The molecule has 0 saturated heterocycles. The second kappa shape index (κ2) is 3.75. The van der Waals surface area contributed by atoms with Crippen molar-refractivity contribution < 1.29 is 0 Å². The maximum absolute atomic E-state index is 4.28. The summed E-state index contributed by atoms with van der Waals surface area (Å²) in [6.07, 6.45) is 1.59. The molecule has 2 aromatic heterocycles. The van der Waals surface area contributed by atoms with Gasteiger partial charge in [-0.25, -0.2) is 9.97 Å². The van der Waals surface area contributed by atoms with E-state index in [9.17, 15) is 0 Å². The van der Waals surface area contributed by atoms with E-state index in [1.807, 2.05) is 14.0 Å². The molecule has 0 aliphatic rings. The Morgan fingerprint density at radius 1 is 1.36 bits per heavy atom. The van der Waals surface area contributed by atoms with E-state index in [2.05, 4.69) is 32.1 Å². The highest BCUT2D eigenvalue weighted by molar-refractivity contribution is 7.08. The third kappa shape index (κ3) is 1.48. The molecule has 2 aromatic rings. The van der Waals surface area contributed by atoms with Gasteiger partial charge in [0.05, 0.1) is 5.69 Å². The fraction of sp³-hybridized carbons (Fsp3) is 0.200. The first-order valence-corrected chi connectivity index (χ1v) is 5.29. The molecule has 14 heavy (non-hydrogen) atoms. The third-order valence-corrected chi connectivity index (χ3v) is 2.80. The first kappa shape index (κ1) is 9.15. The number of anilines is 1. The molecular formula is C10H11N3S. The van der Waals surface area contributed by atoms with Gasteiger partial charge in [-0.1, -0.05) is 0 Å². The minimum atomic E-state index is 0.890. The molecule has 0 atom stereocenters. The molecule has 0 aliphatic heterocycles. The summed E-state index contributed by atoms with van der Waals surface area (Å²) in [5, 5.41) is 7.19. The summed E-state index contributed by atoms with van der Waals surface area (Å²) in [5.74, 6) is 0.890. The van der Waals surface area contributed by atoms with Gasteiger partial charge in [0, 0.05) is 23.6 Å². The van der Waals surface area contributed by atoms with Crippen molar-refractivity contribution >= 4 is 17.2 Å². The van der Waals surface area contributed by atoms with Gasteiger partial charge < -0.3 is 5.32 Å². The summed E-state index contributed by atoms with van der Waals surface area (Å²) in [7, 11) is 1.87. The van der Waals surface area contributed by atoms with Crippen LogP contribution in [0.4, 0.5) is 5.82 Å². The van der Waals surface area contributed by atoms with E-state index >= 15 is 0 Å². The van der Waals surface area contributed by atoms with E-state index in [1.165, 1.54) is 0 Å². The predicted molar refractivity (Wildman–Crippen MR) is 59.6 cm³/mol. The average molecular weight is 205 g/mol. The number of rotatable bonds is 2. The Balaban J connectivity index is 2.54. The van der Waals surface area contributed by atoms with Crippen molar-refractivity contribution in [2.24, 2.45) is 0 Å². The Morgan fingerprint density at radius 3 is 2.86 bits per heavy atom. The summed E-state index contributed by atoms with van der Waals surface area (Å²) in [5.41, 5.74) is 3.26. The fourth-order valence-electron chi connectivity index (χ4n) is 1.39. The molecule has 0 radical (unpaired) electrons. The van der Waals surface area contributed by atoms with Crippen LogP contribution >= 0.6 is 11.3 Å². The van der Waals surface area contributed by atoms with E-state index < -0.39 is 0 Å². The van der Waals surface area contributed by atoms with Crippen LogP contribution in [-0.4, -0.2) is 17.0 Å². The first-order valence-electron chi connectivity index (χ1n) is 4.35. The maximum Gasteiger partial charge on any atom is 0.132 e. The molecule has 0 spiro atoms. The molecule has 0 amide bonds. The summed E-state index contributed by atoms with van der Waals surface area (Å²) in [6.45, 7) is 2.03. The van der Waals surface area contributed by atoms with Gasteiger partial charge in [0.2, 0.25) is 0 Å². The number of nitrogens with one attached hydrogen (secondary N) is 1. The Labute approximate surface area is 86.8 Å². The van der Waals surface area contributed by atoms with Crippen molar-refractivity contribution in [3.63, 3.8) is 0 Å².